The van der Waals surface area contributed by atoms with Gasteiger partial charge >= 0.3 is 0 Å². The molecular weight excluding hydrogens is 222 g/mol. The van der Waals surface area contributed by atoms with E-state index < -0.39 is 0 Å². The molecule has 0 saturated heterocycles. The maximum atomic E-state index is 10.5. The molecule has 1 atom stereocenters. The Morgan fingerprint density at radius 3 is 1.28 bits per heavy atom. The quantitative estimate of drug-likeness (QED) is 0.869. The molecule has 0 spiro atoms. The van der Waals surface area contributed by atoms with E-state index in [0.29, 0.717) is 0 Å². The third kappa shape index (κ3) is 17.3. The Kier molecular flexibility index (Phi) is 26.0. The normalized spacial score (nSPS) is 9.28. The van der Waals surface area contributed by atoms with Gasteiger partial charge in [0.1, 0.15) is 5.78 Å². The lowest BCUT2D eigenvalue weighted by atomic mass is 10.1. The molecule has 1 N–H and O–H groups in total. The van der Waals surface area contributed by atoms with Gasteiger partial charge in [-0.1, -0.05) is 71.0 Å². The van der Waals surface area contributed by atoms with Crippen molar-refractivity contribution in [1.82, 2.24) is 5.32 Å². The van der Waals surface area contributed by atoms with Crippen LogP contribution in [0.1, 0.15) is 48.0 Å². The van der Waals surface area contributed by atoms with E-state index in [1.165, 1.54) is 0 Å². The molecule has 0 aliphatic carbocycles. The molecule has 2 nitrogen and oxygen atoms in total. The molecule has 1 aromatic carbocycles. The first-order valence-corrected chi connectivity index (χ1v) is 6.90. The van der Waals surface area contributed by atoms with Gasteiger partial charge < -0.3 is 5.32 Å². The first kappa shape index (κ1) is 22.1. The highest BCUT2D eigenvalue weighted by Crippen LogP contribution is 1.88. The van der Waals surface area contributed by atoms with E-state index in [-0.39, 0.29) is 11.8 Å². The van der Waals surface area contributed by atoms with Crippen molar-refractivity contribution in [1.29, 1.82) is 0 Å². The van der Waals surface area contributed by atoms with Crippen LogP contribution in [0.4, 0.5) is 0 Å². The Labute approximate surface area is 114 Å². The van der Waals surface area contributed by atoms with Crippen LogP contribution < -0.4 is 5.32 Å². The minimum atomic E-state index is 0.0648. The van der Waals surface area contributed by atoms with Crippen LogP contribution in [-0.4, -0.2) is 18.9 Å². The van der Waals surface area contributed by atoms with Crippen LogP contribution in [0.25, 0.3) is 0 Å². The summed E-state index contributed by atoms with van der Waals surface area (Å²) in [6.07, 6.45) is 0.881. The molecule has 0 saturated carbocycles. The Hall–Kier alpha value is -1.15. The van der Waals surface area contributed by atoms with E-state index in [4.69, 9.17) is 0 Å². The fourth-order valence-electron chi connectivity index (χ4n) is 1.08. The van der Waals surface area contributed by atoms with E-state index in [0.717, 1.165) is 6.42 Å². The zero-order valence-corrected chi connectivity index (χ0v) is 13.2. The molecule has 18 heavy (non-hydrogen) atoms. The molecular formula is C16H31NO. The Balaban J connectivity index is -0.000000199. The summed E-state index contributed by atoms with van der Waals surface area (Å²) in [6, 6.07) is 12.1. The Morgan fingerprint density at radius 2 is 1.22 bits per heavy atom. The van der Waals surface area contributed by atoms with E-state index in [1.807, 2.05) is 71.0 Å². The minimum Gasteiger partial charge on any atom is -0.311 e. The predicted octanol–water partition coefficient (Wildman–Crippen LogP) is 4.31. The number of Topliss-reactive ketones (excluding diaryl/α,β-unsaturated/α-hetero) is 1. The van der Waals surface area contributed by atoms with Crippen molar-refractivity contribution in [2.45, 2.75) is 54.0 Å². The van der Waals surface area contributed by atoms with Crippen molar-refractivity contribution in [2.24, 2.45) is 0 Å². The molecule has 0 aliphatic rings. The maximum Gasteiger partial charge on any atom is 0.146 e. The molecule has 0 radical (unpaired) electrons. The number of ketones is 1. The third-order valence-corrected chi connectivity index (χ3v) is 1.91. The number of nitrogens with one attached hydrogen (secondary N) is 1. The van der Waals surface area contributed by atoms with Gasteiger partial charge in [-0.05, 0) is 20.4 Å². The molecule has 0 aliphatic heterocycles. The SMILES string of the molecule is CC.CC.CCC(NC)C(C)=O.c1ccccc1. The number of rotatable bonds is 3. The van der Waals surface area contributed by atoms with Gasteiger partial charge in [0.2, 0.25) is 0 Å². The number of carbonyl (C=O) groups excluding carboxylic acids is 1. The Morgan fingerprint density at radius 1 is 0.944 bits per heavy atom. The van der Waals surface area contributed by atoms with Crippen molar-refractivity contribution in [3.05, 3.63) is 36.4 Å². The molecule has 106 valence electrons. The summed E-state index contributed by atoms with van der Waals surface area (Å²) < 4.78 is 0. The molecule has 0 fully saturated rings. The van der Waals surface area contributed by atoms with Gasteiger partial charge in [-0.15, -0.1) is 0 Å². The highest BCUT2D eigenvalue weighted by molar-refractivity contribution is 5.81. The van der Waals surface area contributed by atoms with Crippen LogP contribution in [0.5, 0.6) is 0 Å². The summed E-state index contributed by atoms with van der Waals surface area (Å²) in [5.74, 6) is 0.218. The van der Waals surface area contributed by atoms with Crippen LogP contribution in [0.3, 0.4) is 0 Å². The summed E-state index contributed by atoms with van der Waals surface area (Å²) in [4.78, 5) is 10.5. The van der Waals surface area contributed by atoms with Crippen molar-refractivity contribution < 1.29 is 4.79 Å². The van der Waals surface area contributed by atoms with Crippen molar-refractivity contribution >= 4 is 5.78 Å². The van der Waals surface area contributed by atoms with Gasteiger partial charge in [-0.2, -0.15) is 0 Å². The predicted molar refractivity (Wildman–Crippen MR) is 83.0 cm³/mol. The summed E-state index contributed by atoms with van der Waals surface area (Å²) >= 11 is 0. The van der Waals surface area contributed by atoms with E-state index in [9.17, 15) is 4.79 Å². The van der Waals surface area contributed by atoms with Gasteiger partial charge in [0.25, 0.3) is 0 Å². The maximum absolute atomic E-state index is 10.5. The fourth-order valence-corrected chi connectivity index (χ4v) is 1.08. The second-order valence-electron chi connectivity index (χ2n) is 3.01. The second kappa shape index (κ2) is 21.2. The van der Waals surface area contributed by atoms with Crippen molar-refractivity contribution in [3.63, 3.8) is 0 Å². The lowest BCUT2D eigenvalue weighted by molar-refractivity contribution is -0.118. The Bertz CT molecular complexity index is 203. The van der Waals surface area contributed by atoms with Crippen LogP contribution in [0, 0.1) is 0 Å². The molecule has 1 aromatic rings. The number of likely N-dealkylation sites (N-methyl/N-ethyl adjacent to an activating group) is 1. The third-order valence-electron chi connectivity index (χ3n) is 1.91. The minimum absolute atomic E-state index is 0.0648. The van der Waals surface area contributed by atoms with Crippen LogP contribution in [0.2, 0.25) is 0 Å². The van der Waals surface area contributed by atoms with Crippen LogP contribution in [0.15, 0.2) is 36.4 Å². The molecule has 2 heteroatoms. The van der Waals surface area contributed by atoms with Gasteiger partial charge in [0.05, 0.1) is 6.04 Å². The molecule has 1 unspecified atom stereocenters. The zero-order valence-electron chi connectivity index (χ0n) is 13.2. The van der Waals surface area contributed by atoms with Crippen molar-refractivity contribution in [2.75, 3.05) is 7.05 Å². The highest BCUT2D eigenvalue weighted by atomic mass is 16.1. The highest BCUT2D eigenvalue weighted by Gasteiger charge is 2.05. The largest absolute Gasteiger partial charge is 0.311 e. The topological polar surface area (TPSA) is 29.1 Å². The molecule has 0 aromatic heterocycles. The zero-order chi connectivity index (χ0) is 14.8. The average molecular weight is 253 g/mol. The summed E-state index contributed by atoms with van der Waals surface area (Å²) in [5, 5.41) is 2.90. The number of hydrogen-bond acceptors (Lipinski definition) is 2. The second-order valence-corrected chi connectivity index (χ2v) is 3.01. The van der Waals surface area contributed by atoms with Gasteiger partial charge in [-0.25, -0.2) is 0 Å². The van der Waals surface area contributed by atoms with Gasteiger partial charge in [0, 0.05) is 0 Å². The standard InChI is InChI=1S/C6H13NO.C6H6.2C2H6/c1-4-6(7-3)5(2)8;1-2-4-6-5-3-1;2*1-2/h6-7H,4H2,1-3H3;1-6H;2*1-2H3. The summed E-state index contributed by atoms with van der Waals surface area (Å²) in [5.41, 5.74) is 0. The van der Waals surface area contributed by atoms with Gasteiger partial charge in [0.15, 0.2) is 0 Å². The lowest BCUT2D eigenvalue weighted by Gasteiger charge is -2.07. The molecule has 0 heterocycles. The smallest absolute Gasteiger partial charge is 0.146 e. The number of benzene rings is 1. The molecule has 0 amide bonds. The summed E-state index contributed by atoms with van der Waals surface area (Å²) in [7, 11) is 1.80. The first-order valence-electron chi connectivity index (χ1n) is 6.90. The van der Waals surface area contributed by atoms with Gasteiger partial charge in [-0.3, -0.25) is 4.79 Å². The van der Waals surface area contributed by atoms with Crippen LogP contribution >= 0.6 is 0 Å². The van der Waals surface area contributed by atoms with E-state index in [2.05, 4.69) is 5.32 Å². The molecule has 1 rings (SSSR count). The first-order chi connectivity index (χ1) is 8.72. The monoisotopic (exact) mass is 253 g/mol. The fraction of sp³-hybridized carbons (Fsp3) is 0.562. The molecule has 0 bridgehead atoms. The van der Waals surface area contributed by atoms with E-state index >= 15 is 0 Å². The van der Waals surface area contributed by atoms with Crippen molar-refractivity contribution in [3.8, 4) is 0 Å². The number of carbonyl (C=O) groups is 1. The average Bonchev–Trinajstić information content (AvgIpc) is 2.47. The summed E-state index contributed by atoms with van der Waals surface area (Å²) in [6.45, 7) is 11.6. The van der Waals surface area contributed by atoms with E-state index in [1.54, 1.807) is 14.0 Å². The van der Waals surface area contributed by atoms with Crippen LogP contribution in [-0.2, 0) is 4.79 Å². The number of hydrogen-bond donors (Lipinski definition) is 1. The lowest BCUT2D eigenvalue weighted by Crippen LogP contribution is -2.31.